The Morgan fingerprint density at radius 2 is 1.97 bits per heavy atom. The first-order chi connectivity index (χ1) is 16.0. The second-order valence-electron chi connectivity index (χ2n) is 8.30. The summed E-state index contributed by atoms with van der Waals surface area (Å²) in [4.78, 5) is 17.7. The van der Waals surface area contributed by atoms with Gasteiger partial charge in [-0.15, -0.1) is 0 Å². The van der Waals surface area contributed by atoms with Gasteiger partial charge in [0.2, 0.25) is 0 Å². The largest absolute Gasteiger partial charge is 0.496 e. The molecule has 8 nitrogen and oxygen atoms in total. The minimum Gasteiger partial charge on any atom is -0.496 e. The van der Waals surface area contributed by atoms with Crippen molar-refractivity contribution in [1.82, 2.24) is 14.9 Å². The zero-order valence-electron chi connectivity index (χ0n) is 18.5. The molecule has 1 amide bonds. The van der Waals surface area contributed by atoms with Crippen molar-refractivity contribution in [3.05, 3.63) is 71.3 Å². The minimum absolute atomic E-state index is 0.0580. The van der Waals surface area contributed by atoms with Gasteiger partial charge in [0, 0.05) is 25.7 Å². The smallest absolute Gasteiger partial charge is 0.264 e. The van der Waals surface area contributed by atoms with Gasteiger partial charge in [0.15, 0.2) is 0 Å². The molecule has 2 aromatic carbocycles. The molecule has 2 aliphatic rings. The summed E-state index contributed by atoms with van der Waals surface area (Å²) in [5.41, 5.74) is 2.64. The van der Waals surface area contributed by atoms with Crippen molar-refractivity contribution < 1.29 is 17.9 Å². The highest BCUT2D eigenvalue weighted by atomic mass is 32.2. The van der Waals surface area contributed by atoms with Gasteiger partial charge >= 0.3 is 0 Å². The van der Waals surface area contributed by atoms with E-state index < -0.39 is 15.9 Å². The Kier molecular flexibility index (Phi) is 5.57. The summed E-state index contributed by atoms with van der Waals surface area (Å²) < 4.78 is 35.7. The molecule has 0 aliphatic carbocycles. The molecule has 0 saturated carbocycles. The SMILES string of the molecule is COc1ccc(S(=O)(=O)N2CCc3ccccc32)cc1C(=O)NCc1cn2c(n1)CCCC2. The maximum atomic E-state index is 13.4. The van der Waals surface area contributed by atoms with E-state index in [1.165, 1.54) is 29.6 Å². The number of imidazole rings is 1. The highest BCUT2D eigenvalue weighted by Crippen LogP contribution is 2.34. The van der Waals surface area contributed by atoms with Crippen LogP contribution in [0, 0.1) is 0 Å². The average molecular weight is 467 g/mol. The van der Waals surface area contributed by atoms with E-state index in [4.69, 9.17) is 4.74 Å². The van der Waals surface area contributed by atoms with E-state index >= 15 is 0 Å². The molecule has 33 heavy (non-hydrogen) atoms. The summed E-state index contributed by atoms with van der Waals surface area (Å²) in [5.74, 6) is 0.955. The van der Waals surface area contributed by atoms with Gasteiger partial charge in [-0.2, -0.15) is 0 Å². The van der Waals surface area contributed by atoms with Gasteiger partial charge in [0.05, 0.1) is 35.5 Å². The molecule has 0 saturated heterocycles. The molecule has 172 valence electrons. The molecule has 1 aromatic heterocycles. The summed E-state index contributed by atoms with van der Waals surface area (Å²) in [7, 11) is -2.36. The Morgan fingerprint density at radius 3 is 2.79 bits per heavy atom. The number of sulfonamides is 1. The van der Waals surface area contributed by atoms with E-state index in [0.717, 1.165) is 42.9 Å². The van der Waals surface area contributed by atoms with Crippen LogP contribution < -0.4 is 14.4 Å². The van der Waals surface area contributed by atoms with Crippen LogP contribution in [0.3, 0.4) is 0 Å². The van der Waals surface area contributed by atoms with Crippen molar-refractivity contribution in [1.29, 1.82) is 0 Å². The number of fused-ring (bicyclic) bond motifs is 2. The highest BCUT2D eigenvalue weighted by Gasteiger charge is 2.31. The number of amides is 1. The topological polar surface area (TPSA) is 93.5 Å². The zero-order chi connectivity index (χ0) is 23.0. The molecule has 0 fully saturated rings. The van der Waals surface area contributed by atoms with E-state index in [1.54, 1.807) is 0 Å². The second-order valence-corrected chi connectivity index (χ2v) is 10.2. The number of nitrogens with one attached hydrogen (secondary N) is 1. The van der Waals surface area contributed by atoms with Gasteiger partial charge in [0.25, 0.3) is 15.9 Å². The third-order valence-electron chi connectivity index (χ3n) is 6.24. The van der Waals surface area contributed by atoms with Crippen molar-refractivity contribution >= 4 is 21.6 Å². The number of methoxy groups -OCH3 is 1. The standard InChI is InChI=1S/C24H26N4O4S/c1-32-22-10-9-19(33(30,31)28-13-11-17-6-2-3-7-21(17)28)14-20(22)24(29)25-15-18-16-27-12-5-4-8-23(27)26-18/h2-3,6-7,9-10,14,16H,4-5,8,11-13,15H2,1H3,(H,25,29). The molecular formula is C24H26N4O4S. The van der Waals surface area contributed by atoms with Crippen LogP contribution in [0.1, 0.15) is 40.3 Å². The predicted molar refractivity (Wildman–Crippen MR) is 124 cm³/mol. The van der Waals surface area contributed by atoms with E-state index in [-0.39, 0.29) is 17.0 Å². The van der Waals surface area contributed by atoms with Gasteiger partial charge in [0.1, 0.15) is 11.6 Å². The van der Waals surface area contributed by atoms with E-state index in [1.807, 2.05) is 30.5 Å². The lowest BCUT2D eigenvalue weighted by molar-refractivity contribution is 0.0947. The molecule has 3 aromatic rings. The van der Waals surface area contributed by atoms with Crippen LogP contribution in [0.5, 0.6) is 5.75 Å². The Bertz CT molecular complexity index is 1290. The van der Waals surface area contributed by atoms with Crippen molar-refractivity contribution in [2.45, 2.75) is 43.7 Å². The quantitative estimate of drug-likeness (QED) is 0.603. The molecule has 2 aliphatic heterocycles. The van der Waals surface area contributed by atoms with Crippen LogP contribution in [-0.4, -0.2) is 37.5 Å². The zero-order valence-corrected chi connectivity index (χ0v) is 19.3. The number of ether oxygens (including phenoxy) is 1. The number of hydrogen-bond donors (Lipinski definition) is 1. The number of carbonyl (C=O) groups is 1. The predicted octanol–water partition coefficient (Wildman–Crippen LogP) is 2.91. The molecule has 0 bridgehead atoms. The van der Waals surface area contributed by atoms with Gasteiger partial charge < -0.3 is 14.6 Å². The minimum atomic E-state index is -3.82. The number of rotatable bonds is 6. The number of aryl methyl sites for hydroxylation is 2. The summed E-state index contributed by atoms with van der Waals surface area (Å²) >= 11 is 0. The van der Waals surface area contributed by atoms with E-state index in [2.05, 4.69) is 14.9 Å². The first-order valence-corrected chi connectivity index (χ1v) is 12.5. The number of carbonyl (C=O) groups excluding carboxylic acids is 1. The van der Waals surface area contributed by atoms with Crippen LogP contribution in [0.4, 0.5) is 5.69 Å². The first-order valence-electron chi connectivity index (χ1n) is 11.1. The third kappa shape index (κ3) is 3.97. The number of hydrogen-bond acceptors (Lipinski definition) is 5. The number of para-hydroxylation sites is 1. The van der Waals surface area contributed by atoms with Gasteiger partial charge in [-0.1, -0.05) is 18.2 Å². The fraction of sp³-hybridized carbons (Fsp3) is 0.333. The summed E-state index contributed by atoms with van der Waals surface area (Å²) in [6.07, 6.45) is 5.84. The Hall–Kier alpha value is -3.33. The normalized spacial score (nSPS) is 15.1. The Morgan fingerprint density at radius 1 is 1.12 bits per heavy atom. The molecule has 0 radical (unpaired) electrons. The number of aromatic nitrogens is 2. The Labute approximate surface area is 193 Å². The van der Waals surface area contributed by atoms with Crippen LogP contribution in [0.2, 0.25) is 0 Å². The molecule has 5 rings (SSSR count). The molecule has 9 heteroatoms. The van der Waals surface area contributed by atoms with Gasteiger partial charge in [-0.3, -0.25) is 9.10 Å². The van der Waals surface area contributed by atoms with Crippen LogP contribution in [0.25, 0.3) is 0 Å². The molecule has 0 unspecified atom stereocenters. The number of nitrogens with zero attached hydrogens (tertiary/aromatic N) is 3. The van der Waals surface area contributed by atoms with Gasteiger partial charge in [-0.05, 0) is 49.1 Å². The lowest BCUT2D eigenvalue weighted by Crippen LogP contribution is -2.30. The Balaban J connectivity index is 1.39. The molecule has 0 atom stereocenters. The van der Waals surface area contributed by atoms with E-state index in [9.17, 15) is 13.2 Å². The maximum absolute atomic E-state index is 13.4. The highest BCUT2D eigenvalue weighted by molar-refractivity contribution is 7.92. The van der Waals surface area contributed by atoms with Crippen LogP contribution in [0.15, 0.2) is 53.6 Å². The van der Waals surface area contributed by atoms with Gasteiger partial charge in [-0.25, -0.2) is 13.4 Å². The van der Waals surface area contributed by atoms with Crippen molar-refractivity contribution in [2.75, 3.05) is 18.0 Å². The fourth-order valence-corrected chi connectivity index (χ4v) is 6.06. The molecule has 0 spiro atoms. The molecule has 1 N–H and O–H groups in total. The molecular weight excluding hydrogens is 440 g/mol. The fourth-order valence-electron chi connectivity index (χ4n) is 4.53. The van der Waals surface area contributed by atoms with E-state index in [0.29, 0.717) is 24.4 Å². The third-order valence-corrected chi connectivity index (χ3v) is 8.05. The summed E-state index contributed by atoms with van der Waals surface area (Å²) in [6.45, 7) is 1.59. The molecule has 3 heterocycles. The van der Waals surface area contributed by atoms with Crippen molar-refractivity contribution in [2.24, 2.45) is 0 Å². The summed E-state index contributed by atoms with van der Waals surface area (Å²) in [5, 5.41) is 2.86. The first kappa shape index (κ1) is 21.5. The van der Waals surface area contributed by atoms with Crippen LogP contribution in [-0.2, 0) is 36.0 Å². The number of anilines is 1. The number of benzene rings is 2. The lowest BCUT2D eigenvalue weighted by atomic mass is 10.2. The average Bonchev–Trinajstić information content (AvgIpc) is 3.46. The second kappa shape index (κ2) is 8.55. The van der Waals surface area contributed by atoms with Crippen molar-refractivity contribution in [3.63, 3.8) is 0 Å². The monoisotopic (exact) mass is 466 g/mol. The van der Waals surface area contributed by atoms with Crippen LogP contribution >= 0.6 is 0 Å². The summed E-state index contributed by atoms with van der Waals surface area (Å²) in [6, 6.07) is 11.9. The lowest BCUT2D eigenvalue weighted by Gasteiger charge is -2.20. The maximum Gasteiger partial charge on any atom is 0.264 e. The van der Waals surface area contributed by atoms with Crippen molar-refractivity contribution in [3.8, 4) is 5.75 Å².